The maximum atomic E-state index is 11.8. The van der Waals surface area contributed by atoms with Crippen LogP contribution in [-0.4, -0.2) is 27.6 Å². The minimum atomic E-state index is -0.768. The number of benzene rings is 1. The number of hydrogen-bond donors (Lipinski definition) is 2. The van der Waals surface area contributed by atoms with E-state index >= 15 is 0 Å². The second-order valence-electron chi connectivity index (χ2n) is 4.29. The molecule has 2 N–H and O–H groups in total. The molecule has 1 amide bonds. The Morgan fingerprint density at radius 3 is 3.09 bits per heavy atom. The fourth-order valence-corrected chi connectivity index (χ4v) is 1.92. The Morgan fingerprint density at radius 1 is 1.45 bits per heavy atom. The lowest BCUT2D eigenvalue weighted by atomic mass is 10.2. The summed E-state index contributed by atoms with van der Waals surface area (Å²) in [5.74, 6) is -1.03. The van der Waals surface area contributed by atoms with Gasteiger partial charge >= 0.3 is 11.9 Å². The van der Waals surface area contributed by atoms with E-state index in [1.807, 2.05) is 6.07 Å². The number of ether oxygens (including phenoxy) is 1. The Labute approximate surface area is 124 Å². The van der Waals surface area contributed by atoms with Crippen molar-refractivity contribution < 1.29 is 19.1 Å². The average Bonchev–Trinajstić information content (AvgIpc) is 3.09. The zero-order chi connectivity index (χ0) is 15.5. The van der Waals surface area contributed by atoms with Crippen LogP contribution >= 0.6 is 0 Å². The van der Waals surface area contributed by atoms with Gasteiger partial charge in [0, 0.05) is 5.39 Å². The van der Waals surface area contributed by atoms with Crippen molar-refractivity contribution in [2.45, 2.75) is 6.92 Å². The maximum absolute atomic E-state index is 11.8. The van der Waals surface area contributed by atoms with Gasteiger partial charge in [0.1, 0.15) is 6.20 Å². The molecule has 0 fully saturated rings. The number of aromatic amines is 1. The van der Waals surface area contributed by atoms with Crippen molar-refractivity contribution in [3.63, 3.8) is 0 Å². The van der Waals surface area contributed by atoms with Crippen molar-refractivity contribution in [1.82, 2.24) is 9.97 Å². The van der Waals surface area contributed by atoms with E-state index in [4.69, 9.17) is 9.15 Å². The quantitative estimate of drug-likeness (QED) is 0.718. The van der Waals surface area contributed by atoms with Crippen molar-refractivity contribution in [3.8, 4) is 11.8 Å². The molecular formula is C14H12N4O4. The number of aromatic nitrogens is 2. The Balaban J connectivity index is 1.85. The van der Waals surface area contributed by atoms with Gasteiger partial charge in [0.25, 0.3) is 5.89 Å². The molecular weight excluding hydrogens is 288 g/mol. The van der Waals surface area contributed by atoms with Crippen LogP contribution in [0.1, 0.15) is 17.6 Å². The fraction of sp³-hybridized carbons (Fsp3) is 0.143. The van der Waals surface area contributed by atoms with Gasteiger partial charge in [0.2, 0.25) is 5.88 Å². The van der Waals surface area contributed by atoms with Crippen LogP contribution in [0.3, 0.4) is 0 Å². The highest BCUT2D eigenvalue weighted by Crippen LogP contribution is 2.35. The number of nitrogens with zero attached hydrogens (tertiary/aromatic N) is 3. The van der Waals surface area contributed by atoms with E-state index < -0.39 is 5.91 Å². The maximum Gasteiger partial charge on any atom is 0.351 e. The van der Waals surface area contributed by atoms with E-state index in [1.165, 1.54) is 6.20 Å². The number of hydrogen-bond acceptors (Lipinski definition) is 6. The molecule has 2 aromatic heterocycles. The lowest BCUT2D eigenvalue weighted by Crippen LogP contribution is -1.93. The fourth-order valence-electron chi connectivity index (χ4n) is 1.92. The molecule has 0 bridgehead atoms. The average molecular weight is 300 g/mol. The van der Waals surface area contributed by atoms with E-state index in [0.717, 1.165) is 0 Å². The highest BCUT2D eigenvalue weighted by molar-refractivity contribution is 5.95. The van der Waals surface area contributed by atoms with Gasteiger partial charge in [-0.1, -0.05) is 18.2 Å². The summed E-state index contributed by atoms with van der Waals surface area (Å²) < 4.78 is 10.1. The standard InChI is InChI=1S/C14H12N4O4/c1-2-21-10-7-15-14(22-10)13(20)18-17-11-8-5-3-4-6-9(8)16-12(11)19/h3-7,16,19H,2H2,1H3. The van der Waals surface area contributed by atoms with Gasteiger partial charge in [0.15, 0.2) is 5.69 Å². The molecule has 0 atom stereocenters. The molecule has 0 saturated heterocycles. The number of rotatable bonds is 4. The number of carbonyl (C=O) groups is 1. The molecule has 0 aliphatic rings. The first-order chi connectivity index (χ1) is 10.7. The number of carbonyl (C=O) groups excluding carboxylic acids is 1. The summed E-state index contributed by atoms with van der Waals surface area (Å²) in [7, 11) is 0. The zero-order valence-corrected chi connectivity index (χ0v) is 11.6. The second-order valence-corrected chi connectivity index (χ2v) is 4.29. The normalized spacial score (nSPS) is 11.3. The van der Waals surface area contributed by atoms with Crippen molar-refractivity contribution in [3.05, 3.63) is 36.4 Å². The Bertz CT molecular complexity index is 850. The summed E-state index contributed by atoms with van der Waals surface area (Å²) in [6.07, 6.45) is 1.29. The van der Waals surface area contributed by atoms with Crippen LogP contribution < -0.4 is 4.74 Å². The number of H-pyrrole nitrogens is 1. The molecule has 3 aromatic rings. The number of aromatic hydroxyl groups is 1. The highest BCUT2D eigenvalue weighted by atomic mass is 16.6. The third-order valence-electron chi connectivity index (χ3n) is 2.85. The van der Waals surface area contributed by atoms with Crippen LogP contribution in [0, 0.1) is 0 Å². The summed E-state index contributed by atoms with van der Waals surface area (Å²) >= 11 is 0. The molecule has 2 heterocycles. The molecule has 0 aliphatic carbocycles. The SMILES string of the molecule is CCOc1cnc(C(=O)N=Nc2c(O)[nH]c3ccccc23)o1. The van der Waals surface area contributed by atoms with Crippen LogP contribution in [0.25, 0.3) is 10.9 Å². The van der Waals surface area contributed by atoms with Crippen molar-refractivity contribution >= 4 is 22.5 Å². The summed E-state index contributed by atoms with van der Waals surface area (Å²) in [4.78, 5) is 18.3. The lowest BCUT2D eigenvalue weighted by molar-refractivity contribution is 0.0953. The molecule has 8 nitrogen and oxygen atoms in total. The van der Waals surface area contributed by atoms with Gasteiger partial charge in [-0.05, 0) is 13.0 Å². The van der Waals surface area contributed by atoms with E-state index in [9.17, 15) is 9.90 Å². The first kappa shape index (κ1) is 13.8. The second kappa shape index (κ2) is 5.68. The van der Waals surface area contributed by atoms with Gasteiger partial charge in [-0.15, -0.1) is 10.2 Å². The van der Waals surface area contributed by atoms with Crippen LogP contribution in [0.2, 0.25) is 0 Å². The summed E-state index contributed by atoms with van der Waals surface area (Å²) in [6, 6.07) is 7.13. The Hall–Kier alpha value is -3.16. The molecule has 0 radical (unpaired) electrons. The predicted octanol–water partition coefficient (Wildman–Crippen LogP) is 3.18. The first-order valence-electron chi connectivity index (χ1n) is 6.53. The highest BCUT2D eigenvalue weighted by Gasteiger charge is 2.15. The van der Waals surface area contributed by atoms with Gasteiger partial charge in [-0.25, -0.2) is 4.98 Å². The first-order valence-corrected chi connectivity index (χ1v) is 6.53. The third-order valence-corrected chi connectivity index (χ3v) is 2.85. The van der Waals surface area contributed by atoms with E-state index in [2.05, 4.69) is 20.2 Å². The van der Waals surface area contributed by atoms with Gasteiger partial charge in [0.05, 0.1) is 12.1 Å². The summed E-state index contributed by atoms with van der Waals surface area (Å²) in [6.45, 7) is 2.18. The molecule has 22 heavy (non-hydrogen) atoms. The number of nitrogens with one attached hydrogen (secondary N) is 1. The number of oxazole rings is 1. The lowest BCUT2D eigenvalue weighted by Gasteiger charge is -1.93. The van der Waals surface area contributed by atoms with Crippen LogP contribution in [-0.2, 0) is 0 Å². The van der Waals surface area contributed by atoms with Crippen molar-refractivity contribution in [2.75, 3.05) is 6.61 Å². The minimum Gasteiger partial charge on any atom is -0.493 e. The molecule has 1 aromatic carbocycles. The molecule has 112 valence electrons. The monoisotopic (exact) mass is 300 g/mol. The van der Waals surface area contributed by atoms with E-state index in [0.29, 0.717) is 17.5 Å². The number of fused-ring (bicyclic) bond motifs is 1. The number of para-hydroxylation sites is 1. The smallest absolute Gasteiger partial charge is 0.351 e. The molecule has 0 aliphatic heterocycles. The number of amides is 1. The minimum absolute atomic E-state index is 0.135. The molecule has 3 rings (SSSR count). The van der Waals surface area contributed by atoms with Gasteiger partial charge < -0.3 is 19.2 Å². The molecule has 0 unspecified atom stereocenters. The largest absolute Gasteiger partial charge is 0.493 e. The molecule has 0 spiro atoms. The molecule has 8 heteroatoms. The Kier molecular flexibility index (Phi) is 3.57. The summed E-state index contributed by atoms with van der Waals surface area (Å²) in [5, 5.41) is 17.8. The van der Waals surface area contributed by atoms with Crippen LogP contribution in [0.15, 0.2) is 45.1 Å². The number of azo groups is 1. The Morgan fingerprint density at radius 2 is 2.27 bits per heavy atom. The van der Waals surface area contributed by atoms with Crippen LogP contribution in [0.5, 0.6) is 11.8 Å². The molecule has 0 saturated carbocycles. The van der Waals surface area contributed by atoms with Crippen LogP contribution in [0.4, 0.5) is 5.69 Å². The van der Waals surface area contributed by atoms with Crippen molar-refractivity contribution in [1.29, 1.82) is 0 Å². The topological polar surface area (TPSA) is 113 Å². The third kappa shape index (κ3) is 2.53. The predicted molar refractivity (Wildman–Crippen MR) is 76.5 cm³/mol. The van der Waals surface area contributed by atoms with Gasteiger partial charge in [-0.3, -0.25) is 4.79 Å². The van der Waals surface area contributed by atoms with Crippen molar-refractivity contribution in [2.24, 2.45) is 10.2 Å². The van der Waals surface area contributed by atoms with E-state index in [-0.39, 0.29) is 23.4 Å². The van der Waals surface area contributed by atoms with E-state index in [1.54, 1.807) is 25.1 Å². The summed E-state index contributed by atoms with van der Waals surface area (Å²) in [5.41, 5.74) is 0.872. The van der Waals surface area contributed by atoms with Gasteiger partial charge in [-0.2, -0.15) is 0 Å². The zero-order valence-electron chi connectivity index (χ0n) is 11.6.